The summed E-state index contributed by atoms with van der Waals surface area (Å²) in [7, 11) is 0. The molecule has 2 aromatic heterocycles. The number of pyridine rings is 1. The second-order valence-corrected chi connectivity index (χ2v) is 4.40. The fourth-order valence-electron chi connectivity index (χ4n) is 1.93. The van der Waals surface area contributed by atoms with Crippen molar-refractivity contribution in [3.05, 3.63) is 64.5 Å². The highest BCUT2D eigenvalue weighted by Crippen LogP contribution is 2.21. The van der Waals surface area contributed by atoms with Crippen LogP contribution in [0.5, 0.6) is 0 Å². The summed E-state index contributed by atoms with van der Waals surface area (Å²) >= 11 is 0. The highest BCUT2D eigenvalue weighted by atomic mass is 16.6. The normalized spacial score (nSPS) is 10.5. The zero-order valence-corrected chi connectivity index (χ0v) is 10.9. The Labute approximate surface area is 119 Å². The Hall–Kier alpha value is -3.09. The summed E-state index contributed by atoms with van der Waals surface area (Å²) < 4.78 is 0. The Morgan fingerprint density at radius 1 is 1.19 bits per heavy atom. The number of non-ortho nitro benzene ring substituents is 1. The summed E-state index contributed by atoms with van der Waals surface area (Å²) in [5.41, 5.74) is 1.57. The molecule has 0 saturated carbocycles. The Morgan fingerprint density at radius 2 is 2.10 bits per heavy atom. The molecule has 2 heterocycles. The van der Waals surface area contributed by atoms with E-state index in [4.69, 9.17) is 0 Å². The number of nitrogens with one attached hydrogen (secondary N) is 1. The first-order chi connectivity index (χ1) is 10.2. The molecule has 0 spiro atoms. The van der Waals surface area contributed by atoms with Crippen molar-refractivity contribution in [2.45, 2.75) is 6.54 Å². The molecule has 0 radical (unpaired) electrons. The summed E-state index contributed by atoms with van der Waals surface area (Å²) in [6.45, 7) is 0.513. The number of hydrogen-bond donors (Lipinski definition) is 1. The monoisotopic (exact) mass is 281 g/mol. The minimum atomic E-state index is -0.417. The van der Waals surface area contributed by atoms with Crippen molar-refractivity contribution in [3.63, 3.8) is 0 Å². The lowest BCUT2D eigenvalue weighted by Crippen LogP contribution is -2.03. The van der Waals surface area contributed by atoms with E-state index in [9.17, 15) is 10.1 Å². The predicted molar refractivity (Wildman–Crippen MR) is 77.8 cm³/mol. The van der Waals surface area contributed by atoms with Crippen molar-refractivity contribution >= 4 is 22.4 Å². The van der Waals surface area contributed by atoms with E-state index in [2.05, 4.69) is 20.5 Å². The van der Waals surface area contributed by atoms with Crippen LogP contribution < -0.4 is 5.32 Å². The Bertz CT molecular complexity index is 792. The van der Waals surface area contributed by atoms with E-state index in [0.717, 1.165) is 11.1 Å². The quantitative estimate of drug-likeness (QED) is 0.583. The number of hydrogen-bond acceptors (Lipinski definition) is 6. The molecule has 0 fully saturated rings. The van der Waals surface area contributed by atoms with Gasteiger partial charge in [-0.2, -0.15) is 10.2 Å². The maximum Gasteiger partial charge on any atom is 0.270 e. The molecule has 0 aliphatic carbocycles. The lowest BCUT2D eigenvalue weighted by Gasteiger charge is -2.05. The maximum absolute atomic E-state index is 10.7. The van der Waals surface area contributed by atoms with Crippen molar-refractivity contribution in [3.8, 4) is 0 Å². The molecule has 0 amide bonds. The van der Waals surface area contributed by atoms with Gasteiger partial charge in [0.2, 0.25) is 0 Å². The second kappa shape index (κ2) is 5.49. The molecule has 0 atom stereocenters. The van der Waals surface area contributed by atoms with E-state index in [1.54, 1.807) is 24.4 Å². The van der Waals surface area contributed by atoms with Gasteiger partial charge in [0.1, 0.15) is 5.82 Å². The molecule has 0 saturated heterocycles. The zero-order chi connectivity index (χ0) is 14.7. The van der Waals surface area contributed by atoms with Gasteiger partial charge in [-0.3, -0.25) is 10.1 Å². The molecular weight excluding hydrogens is 270 g/mol. The Kier molecular flexibility index (Phi) is 3.38. The van der Waals surface area contributed by atoms with E-state index in [0.29, 0.717) is 17.9 Å². The van der Waals surface area contributed by atoms with E-state index in [-0.39, 0.29) is 5.69 Å². The van der Waals surface area contributed by atoms with Crippen molar-refractivity contribution in [2.75, 3.05) is 5.32 Å². The van der Waals surface area contributed by atoms with Gasteiger partial charge in [0.15, 0.2) is 0 Å². The Morgan fingerprint density at radius 3 is 2.86 bits per heavy atom. The molecule has 1 N–H and O–H groups in total. The number of anilines is 1. The van der Waals surface area contributed by atoms with Crippen molar-refractivity contribution in [2.24, 2.45) is 0 Å². The maximum atomic E-state index is 10.7. The van der Waals surface area contributed by atoms with Crippen LogP contribution >= 0.6 is 0 Å². The predicted octanol–water partition coefficient (Wildman–Crippen LogP) is 2.55. The molecule has 7 heteroatoms. The van der Waals surface area contributed by atoms with Gasteiger partial charge in [0.05, 0.1) is 22.7 Å². The molecule has 0 unspecified atom stereocenters. The molecule has 104 valence electrons. The number of nitro benzene ring substituents is 1. The fourth-order valence-corrected chi connectivity index (χ4v) is 1.93. The smallest absolute Gasteiger partial charge is 0.270 e. The van der Waals surface area contributed by atoms with Crippen LogP contribution in [0.3, 0.4) is 0 Å². The van der Waals surface area contributed by atoms with Crippen LogP contribution in [-0.4, -0.2) is 20.1 Å². The van der Waals surface area contributed by atoms with Crippen molar-refractivity contribution in [1.29, 1.82) is 0 Å². The van der Waals surface area contributed by atoms with Crippen LogP contribution in [0.1, 0.15) is 5.69 Å². The lowest BCUT2D eigenvalue weighted by molar-refractivity contribution is -0.384. The number of aromatic nitrogens is 3. The minimum absolute atomic E-state index is 0.0598. The first-order valence-electron chi connectivity index (χ1n) is 6.28. The topological polar surface area (TPSA) is 93.8 Å². The number of nitro groups is 1. The van der Waals surface area contributed by atoms with Crippen LogP contribution in [0.25, 0.3) is 10.9 Å². The van der Waals surface area contributed by atoms with Crippen LogP contribution in [-0.2, 0) is 6.54 Å². The number of fused-ring (bicyclic) bond motifs is 1. The third-order valence-electron chi connectivity index (χ3n) is 2.96. The zero-order valence-electron chi connectivity index (χ0n) is 10.9. The summed E-state index contributed by atoms with van der Waals surface area (Å²) in [5.74, 6) is 0.682. The van der Waals surface area contributed by atoms with Gasteiger partial charge in [0, 0.05) is 23.7 Å². The van der Waals surface area contributed by atoms with E-state index >= 15 is 0 Å². The Balaban J connectivity index is 1.81. The number of nitrogens with zero attached hydrogens (tertiary/aromatic N) is 4. The molecule has 21 heavy (non-hydrogen) atoms. The summed E-state index contributed by atoms with van der Waals surface area (Å²) in [4.78, 5) is 14.7. The number of benzene rings is 1. The lowest BCUT2D eigenvalue weighted by atomic mass is 10.2. The molecular formula is C14H11N5O2. The van der Waals surface area contributed by atoms with Gasteiger partial charge in [-0.25, -0.2) is 4.98 Å². The second-order valence-electron chi connectivity index (χ2n) is 4.40. The highest BCUT2D eigenvalue weighted by molar-refractivity contribution is 5.82. The van der Waals surface area contributed by atoms with Gasteiger partial charge in [-0.15, -0.1) is 0 Å². The molecule has 0 aliphatic rings. The summed E-state index contributed by atoms with van der Waals surface area (Å²) in [5, 5.41) is 22.4. The highest BCUT2D eigenvalue weighted by Gasteiger charge is 2.07. The first kappa shape index (κ1) is 12.9. The third kappa shape index (κ3) is 2.92. The fraction of sp³-hybridized carbons (Fsp3) is 0.0714. The molecule has 3 rings (SSSR count). The van der Waals surface area contributed by atoms with Crippen LogP contribution in [0.2, 0.25) is 0 Å². The molecule has 7 nitrogen and oxygen atoms in total. The van der Waals surface area contributed by atoms with Gasteiger partial charge in [0.25, 0.3) is 5.69 Å². The van der Waals surface area contributed by atoms with E-state index in [1.807, 2.05) is 12.1 Å². The molecule has 1 aromatic carbocycles. The molecule has 0 aliphatic heterocycles. The van der Waals surface area contributed by atoms with Gasteiger partial charge in [-0.1, -0.05) is 0 Å². The summed E-state index contributed by atoms with van der Waals surface area (Å²) in [6.07, 6.45) is 1.62. The average Bonchev–Trinajstić information content (AvgIpc) is 2.53. The first-order valence-corrected chi connectivity index (χ1v) is 6.28. The van der Waals surface area contributed by atoms with E-state index in [1.165, 1.54) is 12.1 Å². The standard InChI is InChI=1S/C14H11N5O2/c20-19(21)12-4-5-13-10(8-12)3-6-14(17-13)15-9-11-2-1-7-16-18-11/h1-8H,9H2,(H,15,17). The minimum Gasteiger partial charge on any atom is -0.364 e. The van der Waals surface area contributed by atoms with Gasteiger partial charge >= 0.3 is 0 Å². The molecule has 3 aromatic rings. The van der Waals surface area contributed by atoms with Gasteiger partial charge < -0.3 is 5.32 Å². The van der Waals surface area contributed by atoms with Crippen LogP contribution in [0.4, 0.5) is 11.5 Å². The summed E-state index contributed by atoms with van der Waals surface area (Å²) in [6, 6.07) is 11.9. The van der Waals surface area contributed by atoms with Crippen LogP contribution in [0, 0.1) is 10.1 Å². The van der Waals surface area contributed by atoms with E-state index < -0.39 is 4.92 Å². The SMILES string of the molecule is O=[N+]([O-])c1ccc2nc(NCc3cccnn3)ccc2c1. The van der Waals surface area contributed by atoms with Crippen LogP contribution in [0.15, 0.2) is 48.7 Å². The molecule has 0 bridgehead atoms. The third-order valence-corrected chi connectivity index (χ3v) is 2.96. The van der Waals surface area contributed by atoms with Crippen molar-refractivity contribution < 1.29 is 4.92 Å². The largest absolute Gasteiger partial charge is 0.364 e. The average molecular weight is 281 g/mol. The van der Waals surface area contributed by atoms with Gasteiger partial charge in [-0.05, 0) is 30.3 Å². The van der Waals surface area contributed by atoms with Crippen molar-refractivity contribution in [1.82, 2.24) is 15.2 Å². The number of rotatable bonds is 4.